The molecule has 0 bridgehead atoms. The Morgan fingerprint density at radius 2 is 1.27 bits per heavy atom. The average Bonchev–Trinajstić information content (AvgIpc) is 2.54. The highest BCUT2D eigenvalue weighted by Gasteiger charge is 2.13. The molecule has 1 amide bonds. The van der Waals surface area contributed by atoms with Crippen molar-refractivity contribution in [2.24, 2.45) is 5.73 Å². The molecule has 0 saturated heterocycles. The van der Waals surface area contributed by atoms with Gasteiger partial charge >= 0.3 is 5.97 Å². The summed E-state index contributed by atoms with van der Waals surface area (Å²) in [5.41, 5.74) is 4.48. The molecule has 3 N–H and O–H groups in total. The summed E-state index contributed by atoms with van der Waals surface area (Å²) >= 11 is 11.0. The zero-order valence-electron chi connectivity index (χ0n) is 12.6. The van der Waals surface area contributed by atoms with Gasteiger partial charge in [0.2, 0.25) is 5.91 Å². The number of carbonyl (C=O) groups excluding carboxylic acids is 1. The molecule has 10 nitrogen and oxygen atoms in total. The van der Waals surface area contributed by atoms with Gasteiger partial charge in [-0.1, -0.05) is 23.2 Å². The standard InChI is InChI=1S/C7H5ClN2O3.C7H4ClNO4/c8-6-3-4(10(12)13)1-2-5(6)7(9)11;8-6-3-4(9(12)13)1-2-5(6)7(10)11/h1-3H,(H2,9,11);1-3H,(H,10,11). The van der Waals surface area contributed by atoms with Crippen LogP contribution in [0.15, 0.2) is 36.4 Å². The lowest BCUT2D eigenvalue weighted by Crippen LogP contribution is -2.11. The van der Waals surface area contributed by atoms with Gasteiger partial charge < -0.3 is 10.8 Å². The molecule has 2 rings (SSSR count). The minimum atomic E-state index is -1.21. The summed E-state index contributed by atoms with van der Waals surface area (Å²) in [5.74, 6) is -1.92. The van der Waals surface area contributed by atoms with Crippen LogP contribution >= 0.6 is 23.2 Å². The van der Waals surface area contributed by atoms with Crippen molar-refractivity contribution in [1.29, 1.82) is 0 Å². The molecule has 0 fully saturated rings. The average molecular weight is 402 g/mol. The quantitative estimate of drug-likeness (QED) is 0.584. The third-order valence-electron chi connectivity index (χ3n) is 2.82. The zero-order chi connectivity index (χ0) is 20.0. The van der Waals surface area contributed by atoms with Gasteiger partial charge in [-0.05, 0) is 12.1 Å². The first-order chi connectivity index (χ1) is 12.0. The zero-order valence-corrected chi connectivity index (χ0v) is 14.1. The monoisotopic (exact) mass is 401 g/mol. The van der Waals surface area contributed by atoms with Gasteiger partial charge in [-0.15, -0.1) is 0 Å². The Morgan fingerprint density at radius 1 is 0.885 bits per heavy atom. The minimum absolute atomic E-state index is 0.0123. The van der Waals surface area contributed by atoms with Crippen molar-refractivity contribution in [1.82, 2.24) is 0 Å². The number of non-ortho nitro benzene ring substituents is 2. The van der Waals surface area contributed by atoms with Crippen molar-refractivity contribution in [3.63, 3.8) is 0 Å². The predicted octanol–water partition coefficient (Wildman–Crippen LogP) is 3.29. The highest BCUT2D eigenvalue weighted by molar-refractivity contribution is 6.34. The number of amides is 1. The Morgan fingerprint density at radius 3 is 1.54 bits per heavy atom. The molecule has 0 aromatic heterocycles. The maximum absolute atomic E-state index is 10.7. The molecule has 0 unspecified atom stereocenters. The first-order valence-corrected chi connectivity index (χ1v) is 7.21. The smallest absolute Gasteiger partial charge is 0.337 e. The summed E-state index contributed by atoms with van der Waals surface area (Å²) in [6.07, 6.45) is 0. The molecule has 26 heavy (non-hydrogen) atoms. The fourth-order valence-electron chi connectivity index (χ4n) is 1.61. The first kappa shape index (κ1) is 20.8. The van der Waals surface area contributed by atoms with E-state index in [2.05, 4.69) is 0 Å². The number of primary amides is 1. The number of halogens is 2. The van der Waals surface area contributed by atoms with Crippen LogP contribution in [0.2, 0.25) is 10.0 Å². The molecule has 136 valence electrons. The van der Waals surface area contributed by atoms with Gasteiger partial charge in [0.05, 0.1) is 31.0 Å². The summed E-state index contributed by atoms with van der Waals surface area (Å²) in [7, 11) is 0. The van der Waals surface area contributed by atoms with E-state index < -0.39 is 21.7 Å². The Balaban J connectivity index is 0.000000260. The van der Waals surface area contributed by atoms with Crippen LogP contribution in [0.1, 0.15) is 20.7 Å². The van der Waals surface area contributed by atoms with E-state index in [9.17, 15) is 29.8 Å². The van der Waals surface area contributed by atoms with Crippen LogP contribution in [-0.2, 0) is 0 Å². The number of carbonyl (C=O) groups is 2. The number of benzene rings is 2. The van der Waals surface area contributed by atoms with Gasteiger partial charge in [0.1, 0.15) is 0 Å². The van der Waals surface area contributed by atoms with Gasteiger partial charge in [-0.3, -0.25) is 25.0 Å². The molecular formula is C14H9Cl2N3O7. The highest BCUT2D eigenvalue weighted by Crippen LogP contribution is 2.22. The van der Waals surface area contributed by atoms with Gasteiger partial charge in [0.25, 0.3) is 11.4 Å². The van der Waals surface area contributed by atoms with Gasteiger partial charge in [-0.25, -0.2) is 4.79 Å². The fourth-order valence-corrected chi connectivity index (χ4v) is 2.13. The van der Waals surface area contributed by atoms with E-state index in [-0.39, 0.29) is 32.5 Å². The van der Waals surface area contributed by atoms with Crippen molar-refractivity contribution in [2.45, 2.75) is 0 Å². The number of nitrogens with two attached hydrogens (primary N) is 1. The third-order valence-corrected chi connectivity index (χ3v) is 3.45. The molecule has 0 aliphatic rings. The summed E-state index contributed by atoms with van der Waals surface area (Å²) in [4.78, 5) is 40.4. The van der Waals surface area contributed by atoms with Gasteiger partial charge in [0.15, 0.2) is 0 Å². The van der Waals surface area contributed by atoms with E-state index in [0.29, 0.717) is 0 Å². The van der Waals surface area contributed by atoms with E-state index in [1.54, 1.807) is 0 Å². The molecular weight excluding hydrogens is 393 g/mol. The number of nitrogens with zero attached hydrogens (tertiary/aromatic N) is 2. The van der Waals surface area contributed by atoms with Crippen LogP contribution in [0, 0.1) is 20.2 Å². The maximum Gasteiger partial charge on any atom is 0.337 e. The van der Waals surface area contributed by atoms with E-state index >= 15 is 0 Å². The normalized spacial score (nSPS) is 9.62. The van der Waals surface area contributed by atoms with Crippen LogP contribution in [0.4, 0.5) is 11.4 Å². The molecule has 2 aromatic rings. The van der Waals surface area contributed by atoms with E-state index in [0.717, 1.165) is 24.3 Å². The molecule has 0 saturated carbocycles. The third kappa shape index (κ3) is 5.40. The number of carboxylic acids is 1. The minimum Gasteiger partial charge on any atom is -0.478 e. The maximum atomic E-state index is 10.7. The topological polar surface area (TPSA) is 167 Å². The number of carboxylic acid groups (broad SMARTS) is 1. The van der Waals surface area contributed by atoms with E-state index in [4.69, 9.17) is 34.0 Å². The molecule has 0 heterocycles. The number of hydrogen-bond donors (Lipinski definition) is 2. The number of aromatic carboxylic acids is 1. The second-order valence-electron chi connectivity index (χ2n) is 4.51. The SMILES string of the molecule is NC(=O)c1ccc([N+](=O)[O-])cc1Cl.O=C(O)c1ccc([N+](=O)[O-])cc1Cl. The van der Waals surface area contributed by atoms with Crippen LogP contribution in [0.25, 0.3) is 0 Å². The molecule has 0 aliphatic carbocycles. The van der Waals surface area contributed by atoms with Gasteiger partial charge in [-0.2, -0.15) is 0 Å². The lowest BCUT2D eigenvalue weighted by atomic mass is 10.2. The Bertz CT molecular complexity index is 829. The van der Waals surface area contributed by atoms with E-state index in [1.807, 2.05) is 0 Å². The van der Waals surface area contributed by atoms with Crippen molar-refractivity contribution >= 4 is 46.5 Å². The molecule has 2 aromatic carbocycles. The summed E-state index contributed by atoms with van der Waals surface area (Å²) < 4.78 is 0. The summed E-state index contributed by atoms with van der Waals surface area (Å²) in [6.45, 7) is 0. The molecule has 0 atom stereocenters. The number of rotatable bonds is 4. The lowest BCUT2D eigenvalue weighted by molar-refractivity contribution is -0.385. The molecule has 12 heteroatoms. The van der Waals surface area contributed by atoms with Crippen LogP contribution in [0.3, 0.4) is 0 Å². The van der Waals surface area contributed by atoms with Crippen LogP contribution in [-0.4, -0.2) is 26.8 Å². The van der Waals surface area contributed by atoms with Gasteiger partial charge in [0, 0.05) is 24.3 Å². The second kappa shape index (κ2) is 8.74. The highest BCUT2D eigenvalue weighted by atomic mass is 35.5. The van der Waals surface area contributed by atoms with Crippen molar-refractivity contribution in [3.8, 4) is 0 Å². The van der Waals surface area contributed by atoms with Crippen LogP contribution < -0.4 is 5.73 Å². The first-order valence-electron chi connectivity index (χ1n) is 6.45. The summed E-state index contributed by atoms with van der Waals surface area (Å²) in [5, 5.41) is 28.9. The Hall–Kier alpha value is -3.24. The van der Waals surface area contributed by atoms with Crippen molar-refractivity contribution < 1.29 is 24.5 Å². The van der Waals surface area contributed by atoms with Crippen LogP contribution in [0.5, 0.6) is 0 Å². The largest absolute Gasteiger partial charge is 0.478 e. The van der Waals surface area contributed by atoms with E-state index in [1.165, 1.54) is 12.1 Å². The second-order valence-corrected chi connectivity index (χ2v) is 5.33. The number of hydrogen-bond acceptors (Lipinski definition) is 6. The number of nitro benzene ring substituents is 2. The Kier molecular flexibility index (Phi) is 6.99. The molecule has 0 radical (unpaired) electrons. The fraction of sp³-hybridized carbons (Fsp3) is 0. The van der Waals surface area contributed by atoms with Crippen molar-refractivity contribution in [3.05, 3.63) is 77.8 Å². The Labute approximate surface area is 155 Å². The molecule has 0 spiro atoms. The number of nitro groups is 2. The van der Waals surface area contributed by atoms with Crippen molar-refractivity contribution in [2.75, 3.05) is 0 Å². The molecule has 0 aliphatic heterocycles. The predicted molar refractivity (Wildman–Crippen MR) is 91.7 cm³/mol. The lowest BCUT2D eigenvalue weighted by Gasteiger charge is -1.97. The summed E-state index contributed by atoms with van der Waals surface area (Å²) in [6, 6.07) is 6.68.